The molecule has 2 aromatic rings. The summed E-state index contributed by atoms with van der Waals surface area (Å²) in [7, 11) is -0.511. The molecule has 0 saturated carbocycles. The highest BCUT2D eigenvalue weighted by atomic mass is 32.2. The zero-order chi connectivity index (χ0) is 18.9. The molecule has 26 heavy (non-hydrogen) atoms. The third kappa shape index (κ3) is 3.46. The molecular weight excluding hydrogens is 356 g/mol. The minimum Gasteiger partial charge on any atom is -0.478 e. The summed E-state index contributed by atoms with van der Waals surface area (Å²) in [5.74, 6) is -0.994. The molecule has 1 fully saturated rings. The molecule has 2 heterocycles. The van der Waals surface area contributed by atoms with Gasteiger partial charge >= 0.3 is 5.97 Å². The summed E-state index contributed by atoms with van der Waals surface area (Å²) in [6.45, 7) is 0.449. The fraction of sp³-hybridized carbons (Fsp3) is 0.353. The van der Waals surface area contributed by atoms with E-state index in [9.17, 15) is 13.2 Å². The van der Waals surface area contributed by atoms with E-state index in [0.717, 1.165) is 12.0 Å². The zero-order valence-electron chi connectivity index (χ0n) is 14.5. The predicted octanol–water partition coefficient (Wildman–Crippen LogP) is 1.79. The molecule has 0 spiro atoms. The fourth-order valence-corrected chi connectivity index (χ4v) is 4.30. The molecule has 0 radical (unpaired) electrons. The van der Waals surface area contributed by atoms with Gasteiger partial charge in [-0.05, 0) is 25.0 Å². The van der Waals surface area contributed by atoms with Crippen molar-refractivity contribution >= 4 is 16.2 Å². The van der Waals surface area contributed by atoms with Gasteiger partial charge in [0.05, 0.1) is 35.4 Å². The number of carboxylic acids is 1. The Balaban J connectivity index is 1.93. The summed E-state index contributed by atoms with van der Waals surface area (Å²) < 4.78 is 27.7. The average molecular weight is 376 g/mol. The van der Waals surface area contributed by atoms with E-state index in [1.807, 2.05) is 0 Å². The van der Waals surface area contributed by atoms with Crippen molar-refractivity contribution in [2.24, 2.45) is 0 Å². The van der Waals surface area contributed by atoms with E-state index in [-0.39, 0.29) is 11.6 Å². The number of rotatable bonds is 5. The van der Waals surface area contributed by atoms with E-state index in [4.69, 9.17) is 5.11 Å². The van der Waals surface area contributed by atoms with Crippen LogP contribution in [-0.2, 0) is 10.2 Å². The largest absolute Gasteiger partial charge is 0.478 e. The first-order valence-corrected chi connectivity index (χ1v) is 9.55. The lowest BCUT2D eigenvalue weighted by Crippen LogP contribution is -2.39. The topological polar surface area (TPSA) is 104 Å². The maximum atomic E-state index is 12.5. The summed E-state index contributed by atoms with van der Waals surface area (Å²) in [5, 5.41) is 8.99. The van der Waals surface area contributed by atoms with Gasteiger partial charge in [-0.1, -0.05) is 12.1 Å². The van der Waals surface area contributed by atoms with Gasteiger partial charge in [0.15, 0.2) is 0 Å². The summed E-state index contributed by atoms with van der Waals surface area (Å²) in [4.78, 5) is 19.8. The van der Waals surface area contributed by atoms with E-state index in [0.29, 0.717) is 24.4 Å². The van der Waals surface area contributed by atoms with Crippen molar-refractivity contribution in [3.05, 3.63) is 47.9 Å². The van der Waals surface area contributed by atoms with Crippen LogP contribution in [0.2, 0.25) is 0 Å². The molecule has 0 aliphatic carbocycles. The van der Waals surface area contributed by atoms with Crippen molar-refractivity contribution in [3.8, 4) is 11.3 Å². The summed E-state index contributed by atoms with van der Waals surface area (Å²) in [6.07, 6.45) is 4.61. The second kappa shape index (κ2) is 7.10. The van der Waals surface area contributed by atoms with Crippen LogP contribution in [0.25, 0.3) is 11.3 Å². The monoisotopic (exact) mass is 376 g/mol. The smallest absolute Gasteiger partial charge is 0.335 e. The molecule has 1 aromatic carbocycles. The Kier molecular flexibility index (Phi) is 5.03. The Morgan fingerprint density at radius 1 is 1.23 bits per heavy atom. The van der Waals surface area contributed by atoms with Crippen LogP contribution in [0.3, 0.4) is 0 Å². The molecule has 1 aliphatic heterocycles. The zero-order valence-corrected chi connectivity index (χ0v) is 15.3. The summed E-state index contributed by atoms with van der Waals surface area (Å²) in [5.41, 5.74) is 2.09. The number of carboxylic acid groups (broad SMARTS) is 1. The summed E-state index contributed by atoms with van der Waals surface area (Å²) >= 11 is 0. The first kappa shape index (κ1) is 18.4. The Labute approximate surface area is 152 Å². The van der Waals surface area contributed by atoms with Crippen LogP contribution in [0, 0.1) is 0 Å². The maximum absolute atomic E-state index is 12.5. The lowest BCUT2D eigenvalue weighted by atomic mass is 10.1. The van der Waals surface area contributed by atoms with Crippen molar-refractivity contribution in [2.45, 2.75) is 18.9 Å². The van der Waals surface area contributed by atoms with Crippen LogP contribution in [0.15, 0.2) is 36.7 Å². The molecule has 0 amide bonds. The van der Waals surface area contributed by atoms with Gasteiger partial charge in [0, 0.05) is 26.2 Å². The van der Waals surface area contributed by atoms with E-state index in [1.54, 1.807) is 24.5 Å². The summed E-state index contributed by atoms with van der Waals surface area (Å²) in [6, 6.07) is 5.99. The van der Waals surface area contributed by atoms with Crippen LogP contribution in [-0.4, -0.2) is 58.7 Å². The molecule has 1 aliphatic rings. The van der Waals surface area contributed by atoms with Gasteiger partial charge in [-0.2, -0.15) is 17.0 Å². The number of nitrogens with zero attached hydrogens (tertiary/aromatic N) is 4. The van der Waals surface area contributed by atoms with E-state index in [1.165, 1.54) is 34.8 Å². The van der Waals surface area contributed by atoms with E-state index in [2.05, 4.69) is 9.97 Å². The van der Waals surface area contributed by atoms with Gasteiger partial charge in [0.2, 0.25) is 0 Å². The maximum Gasteiger partial charge on any atom is 0.335 e. The molecule has 1 atom stereocenters. The van der Waals surface area contributed by atoms with Crippen LogP contribution in [0.4, 0.5) is 0 Å². The van der Waals surface area contributed by atoms with Gasteiger partial charge in [-0.15, -0.1) is 0 Å². The lowest BCUT2D eigenvalue weighted by Gasteiger charge is -2.26. The molecule has 0 bridgehead atoms. The highest BCUT2D eigenvalue weighted by Crippen LogP contribution is 2.34. The molecule has 9 heteroatoms. The molecule has 0 unspecified atom stereocenters. The van der Waals surface area contributed by atoms with Crippen LogP contribution in [0.1, 0.15) is 34.9 Å². The Hall–Kier alpha value is -2.36. The molecule has 8 nitrogen and oxygen atoms in total. The Bertz CT molecular complexity index is 913. The van der Waals surface area contributed by atoms with Gasteiger partial charge in [-0.3, -0.25) is 4.98 Å². The molecule has 1 aromatic heterocycles. The normalized spacial score (nSPS) is 18.3. The molecule has 3 rings (SSSR count). The van der Waals surface area contributed by atoms with Crippen molar-refractivity contribution < 1.29 is 18.3 Å². The fourth-order valence-electron chi connectivity index (χ4n) is 2.99. The third-order valence-electron chi connectivity index (χ3n) is 4.38. The number of hydrogen-bond acceptors (Lipinski definition) is 5. The predicted molar refractivity (Wildman–Crippen MR) is 95.7 cm³/mol. The average Bonchev–Trinajstić information content (AvgIpc) is 3.12. The second-order valence-corrected chi connectivity index (χ2v) is 8.37. The quantitative estimate of drug-likeness (QED) is 0.853. The lowest BCUT2D eigenvalue weighted by molar-refractivity contribution is 0.0697. The van der Waals surface area contributed by atoms with Crippen LogP contribution in [0.5, 0.6) is 0 Å². The SMILES string of the molecule is CN(C)S(=O)(=O)N1CCC[C@H]1c1cncc(-c2ccc(C(=O)O)cc2)n1. The van der Waals surface area contributed by atoms with Gasteiger partial charge < -0.3 is 5.11 Å². The van der Waals surface area contributed by atoms with Gasteiger partial charge in [-0.25, -0.2) is 9.78 Å². The number of carbonyl (C=O) groups is 1. The number of aromatic nitrogens is 2. The molecular formula is C17H20N4O4S. The van der Waals surface area contributed by atoms with E-state index >= 15 is 0 Å². The van der Waals surface area contributed by atoms with Crippen LogP contribution >= 0.6 is 0 Å². The first-order chi connectivity index (χ1) is 12.3. The highest BCUT2D eigenvalue weighted by molar-refractivity contribution is 7.86. The third-order valence-corrected chi connectivity index (χ3v) is 6.34. The molecule has 1 N–H and O–H groups in total. The van der Waals surface area contributed by atoms with Crippen molar-refractivity contribution in [1.82, 2.24) is 18.6 Å². The van der Waals surface area contributed by atoms with Gasteiger partial charge in [0.25, 0.3) is 10.2 Å². The highest BCUT2D eigenvalue weighted by Gasteiger charge is 2.37. The Morgan fingerprint density at radius 2 is 1.92 bits per heavy atom. The standard InChI is InChI=1S/C17H20N4O4S/c1-20(2)26(24,25)21-9-3-4-16(21)15-11-18-10-14(19-15)12-5-7-13(8-6-12)17(22)23/h5-8,10-11,16H,3-4,9H2,1-2H3,(H,22,23)/t16-/m0/s1. The van der Waals surface area contributed by atoms with Crippen molar-refractivity contribution in [3.63, 3.8) is 0 Å². The van der Waals surface area contributed by atoms with Gasteiger partial charge in [0.1, 0.15) is 0 Å². The first-order valence-electron chi connectivity index (χ1n) is 8.15. The number of hydrogen-bond donors (Lipinski definition) is 1. The molecule has 1 saturated heterocycles. The number of aromatic carboxylic acids is 1. The number of benzene rings is 1. The minimum absolute atomic E-state index is 0.192. The Morgan fingerprint density at radius 3 is 2.54 bits per heavy atom. The van der Waals surface area contributed by atoms with Crippen molar-refractivity contribution in [2.75, 3.05) is 20.6 Å². The minimum atomic E-state index is -3.53. The molecule has 138 valence electrons. The van der Waals surface area contributed by atoms with Crippen molar-refractivity contribution in [1.29, 1.82) is 0 Å². The van der Waals surface area contributed by atoms with Crippen LogP contribution < -0.4 is 0 Å². The van der Waals surface area contributed by atoms with E-state index < -0.39 is 16.2 Å². The second-order valence-electron chi connectivity index (χ2n) is 6.27.